The molecule has 1 saturated heterocycles. The Balaban J connectivity index is 1.65. The van der Waals surface area contributed by atoms with Crippen molar-refractivity contribution in [2.24, 2.45) is 0 Å². The summed E-state index contributed by atoms with van der Waals surface area (Å²) in [4.78, 5) is 11.3. The van der Waals surface area contributed by atoms with Crippen molar-refractivity contribution in [2.45, 2.75) is 53.2 Å². The predicted octanol–water partition coefficient (Wildman–Crippen LogP) is 5.98. The summed E-state index contributed by atoms with van der Waals surface area (Å²) in [6.07, 6.45) is 5.57. The van der Waals surface area contributed by atoms with Crippen molar-refractivity contribution in [3.8, 4) is 5.69 Å². The second kappa shape index (κ2) is 9.27. The number of hydrogen-bond donors (Lipinski definition) is 1. The van der Waals surface area contributed by atoms with Crippen LogP contribution in [0.5, 0.6) is 0 Å². The maximum Gasteiger partial charge on any atom is 0.170 e. The molecule has 3 aromatic heterocycles. The topological polar surface area (TPSA) is 46.0 Å². The summed E-state index contributed by atoms with van der Waals surface area (Å²) in [5.74, 6) is 0. The molecule has 0 saturated carbocycles. The van der Waals surface area contributed by atoms with Crippen molar-refractivity contribution in [3.05, 3.63) is 112 Å². The number of aromatic nitrogens is 3. The van der Waals surface area contributed by atoms with Crippen LogP contribution in [0, 0.1) is 34.6 Å². The first-order valence-corrected chi connectivity index (χ1v) is 12.4. The van der Waals surface area contributed by atoms with Gasteiger partial charge in [-0.25, -0.2) is 0 Å². The summed E-state index contributed by atoms with van der Waals surface area (Å²) in [6, 6.07) is 16.9. The van der Waals surface area contributed by atoms with Crippen LogP contribution in [0.1, 0.15) is 57.0 Å². The number of nitrogens with zero attached hydrogens (tertiary/aromatic N) is 4. The lowest BCUT2D eigenvalue weighted by molar-refractivity contribution is 0.310. The van der Waals surface area contributed by atoms with Gasteiger partial charge in [0.1, 0.15) is 0 Å². The Morgan fingerprint density at radius 3 is 2.37 bits per heavy atom. The van der Waals surface area contributed by atoms with Crippen molar-refractivity contribution in [1.82, 2.24) is 24.8 Å². The van der Waals surface area contributed by atoms with Crippen LogP contribution in [-0.4, -0.2) is 24.5 Å². The van der Waals surface area contributed by atoms with Crippen LogP contribution in [0.15, 0.2) is 67.1 Å². The highest BCUT2D eigenvalue weighted by molar-refractivity contribution is 7.80. The van der Waals surface area contributed by atoms with Crippen LogP contribution in [0.3, 0.4) is 0 Å². The van der Waals surface area contributed by atoms with Crippen LogP contribution in [0.2, 0.25) is 0 Å². The number of rotatable bonds is 5. The van der Waals surface area contributed by atoms with Gasteiger partial charge in [0, 0.05) is 36.5 Å². The van der Waals surface area contributed by atoms with Gasteiger partial charge in [-0.05, 0) is 93.4 Å². The quantitative estimate of drug-likeness (QED) is 0.355. The molecule has 1 N–H and O–H groups in total. The van der Waals surface area contributed by atoms with Crippen LogP contribution in [-0.2, 0) is 6.54 Å². The van der Waals surface area contributed by atoms with Gasteiger partial charge in [0.05, 0.1) is 23.5 Å². The molecular formula is C29H31N5S. The zero-order chi connectivity index (χ0) is 24.7. The molecule has 178 valence electrons. The summed E-state index contributed by atoms with van der Waals surface area (Å²) in [6.45, 7) is 11.7. The maximum absolute atomic E-state index is 5.89. The molecule has 35 heavy (non-hydrogen) atoms. The van der Waals surface area contributed by atoms with Gasteiger partial charge in [-0.1, -0.05) is 29.8 Å². The molecule has 1 fully saturated rings. The molecule has 0 amide bonds. The van der Waals surface area contributed by atoms with Crippen LogP contribution >= 0.6 is 12.2 Å². The number of nitrogens with one attached hydrogen (secondary N) is 1. The van der Waals surface area contributed by atoms with Crippen LogP contribution in [0.25, 0.3) is 5.69 Å². The van der Waals surface area contributed by atoms with E-state index in [1.165, 1.54) is 39.3 Å². The van der Waals surface area contributed by atoms with E-state index in [0.717, 1.165) is 16.4 Å². The Morgan fingerprint density at radius 1 is 0.943 bits per heavy atom. The second-order valence-electron chi connectivity index (χ2n) is 9.52. The minimum atomic E-state index is -0.0467. The largest absolute Gasteiger partial charge is 0.352 e. The van der Waals surface area contributed by atoms with Crippen molar-refractivity contribution < 1.29 is 0 Å². The second-order valence-corrected chi connectivity index (χ2v) is 9.91. The first-order chi connectivity index (χ1) is 16.8. The lowest BCUT2D eigenvalue weighted by Gasteiger charge is -2.28. The summed E-state index contributed by atoms with van der Waals surface area (Å²) in [5.41, 5.74) is 10.9. The molecule has 5 rings (SSSR count). The average Bonchev–Trinajstić information content (AvgIpc) is 3.30. The third-order valence-electron chi connectivity index (χ3n) is 6.92. The van der Waals surface area contributed by atoms with E-state index in [1.807, 2.05) is 30.6 Å². The molecule has 0 aliphatic carbocycles. The molecule has 2 atom stereocenters. The van der Waals surface area contributed by atoms with Gasteiger partial charge in [0.15, 0.2) is 5.11 Å². The molecule has 1 aromatic carbocycles. The van der Waals surface area contributed by atoms with E-state index >= 15 is 0 Å². The van der Waals surface area contributed by atoms with E-state index in [0.29, 0.717) is 6.54 Å². The normalized spacial score (nSPS) is 17.6. The van der Waals surface area contributed by atoms with Crippen LogP contribution in [0.4, 0.5) is 0 Å². The molecule has 0 bridgehead atoms. The van der Waals surface area contributed by atoms with Gasteiger partial charge in [0.25, 0.3) is 0 Å². The Labute approximate surface area is 212 Å². The highest BCUT2D eigenvalue weighted by Gasteiger charge is 2.41. The molecule has 0 spiro atoms. The Morgan fingerprint density at radius 2 is 1.71 bits per heavy atom. The van der Waals surface area contributed by atoms with Crippen molar-refractivity contribution in [2.75, 3.05) is 0 Å². The molecule has 6 heteroatoms. The van der Waals surface area contributed by atoms with Gasteiger partial charge < -0.3 is 14.8 Å². The monoisotopic (exact) mass is 481 g/mol. The van der Waals surface area contributed by atoms with Gasteiger partial charge >= 0.3 is 0 Å². The van der Waals surface area contributed by atoms with Gasteiger partial charge in [-0.3, -0.25) is 9.97 Å². The zero-order valence-corrected chi connectivity index (χ0v) is 21.7. The number of pyridine rings is 2. The summed E-state index contributed by atoms with van der Waals surface area (Å²) < 4.78 is 2.40. The van der Waals surface area contributed by atoms with Gasteiger partial charge in [0.2, 0.25) is 0 Å². The number of thiocarbonyl (C=S) groups is 1. The molecular weight excluding hydrogens is 450 g/mol. The Hall–Kier alpha value is -3.51. The summed E-state index contributed by atoms with van der Waals surface area (Å²) in [7, 11) is 0. The highest BCUT2D eigenvalue weighted by Crippen LogP contribution is 2.42. The van der Waals surface area contributed by atoms with Crippen molar-refractivity contribution in [1.29, 1.82) is 0 Å². The first-order valence-electron chi connectivity index (χ1n) is 12.0. The molecule has 4 aromatic rings. The zero-order valence-electron chi connectivity index (χ0n) is 20.9. The fourth-order valence-electron chi connectivity index (χ4n) is 5.56. The fraction of sp³-hybridized carbons (Fsp3) is 0.276. The number of aryl methyl sites for hydroxylation is 4. The molecule has 1 aliphatic heterocycles. The minimum Gasteiger partial charge on any atom is -0.352 e. The minimum absolute atomic E-state index is 0.00335. The van der Waals surface area contributed by atoms with E-state index in [9.17, 15) is 0 Å². The van der Waals surface area contributed by atoms with E-state index < -0.39 is 0 Å². The average molecular weight is 482 g/mol. The first kappa shape index (κ1) is 23.2. The SMILES string of the molecule is Cc1cc(C)c(-n2c(C)cc([C@H]3[C@@H](c4ccccn4)NC(=S)N3Cc3cccnc3)c2C)c(C)c1. The van der Waals surface area contributed by atoms with E-state index in [-0.39, 0.29) is 12.1 Å². The van der Waals surface area contributed by atoms with E-state index in [2.05, 4.69) is 84.7 Å². The van der Waals surface area contributed by atoms with Crippen molar-refractivity contribution >= 4 is 17.3 Å². The predicted molar refractivity (Wildman–Crippen MR) is 145 cm³/mol. The summed E-state index contributed by atoms with van der Waals surface area (Å²) in [5, 5.41) is 4.32. The fourth-order valence-corrected chi connectivity index (χ4v) is 5.86. The molecule has 1 aliphatic rings. The molecule has 0 radical (unpaired) electrons. The van der Waals surface area contributed by atoms with E-state index in [4.69, 9.17) is 17.2 Å². The number of hydrogen-bond acceptors (Lipinski definition) is 3. The highest BCUT2D eigenvalue weighted by atomic mass is 32.1. The third kappa shape index (κ3) is 4.23. The molecule has 5 nitrogen and oxygen atoms in total. The van der Waals surface area contributed by atoms with Gasteiger partial charge in [-0.2, -0.15) is 0 Å². The standard InChI is InChI=1S/C29H31N5S/c1-18-13-19(2)27(20(3)14-18)34-21(4)15-24(22(34)5)28-26(25-10-6-7-12-31-25)32-29(35)33(28)17-23-9-8-11-30-16-23/h6-16,26,28H,17H2,1-5H3,(H,32,35)/t26-,28+/m1/s1. The Bertz CT molecular complexity index is 1350. The van der Waals surface area contributed by atoms with Crippen LogP contribution < -0.4 is 5.32 Å². The molecule has 4 heterocycles. The molecule has 0 unspecified atom stereocenters. The lowest BCUT2D eigenvalue weighted by Crippen LogP contribution is -2.29. The lowest BCUT2D eigenvalue weighted by atomic mass is 9.96. The maximum atomic E-state index is 5.89. The summed E-state index contributed by atoms with van der Waals surface area (Å²) >= 11 is 5.89. The van der Waals surface area contributed by atoms with Crippen molar-refractivity contribution in [3.63, 3.8) is 0 Å². The smallest absolute Gasteiger partial charge is 0.170 e. The van der Waals surface area contributed by atoms with E-state index in [1.54, 1.807) is 6.20 Å². The third-order valence-corrected chi connectivity index (χ3v) is 7.27. The van der Waals surface area contributed by atoms with Gasteiger partial charge in [-0.15, -0.1) is 0 Å². The number of benzene rings is 1. The Kier molecular flexibility index (Phi) is 6.15.